The van der Waals surface area contributed by atoms with Crippen molar-refractivity contribution in [3.63, 3.8) is 0 Å². The number of carbonyl (C=O) groups excluding carboxylic acids is 3. The summed E-state index contributed by atoms with van der Waals surface area (Å²) >= 11 is 0. The normalized spacial score (nSPS) is 11.5. The van der Waals surface area contributed by atoms with E-state index in [-0.39, 0.29) is 39.1 Å². The molecule has 1 amide bonds. The number of alkyl carbamates (subject to hydrolysis) is 1. The van der Waals surface area contributed by atoms with E-state index in [0.29, 0.717) is 23.7 Å². The second-order valence-electron chi connectivity index (χ2n) is 11.0. The maximum atomic E-state index is 13.1. The predicted molar refractivity (Wildman–Crippen MR) is 164 cm³/mol. The van der Waals surface area contributed by atoms with Crippen LogP contribution in [0.3, 0.4) is 0 Å². The molecule has 240 valence electrons. The van der Waals surface area contributed by atoms with Gasteiger partial charge in [0.05, 0.1) is 12.8 Å². The van der Waals surface area contributed by atoms with E-state index < -0.39 is 35.6 Å². The molecule has 0 unspecified atom stereocenters. The van der Waals surface area contributed by atoms with Gasteiger partial charge < -0.3 is 34.1 Å². The van der Waals surface area contributed by atoms with Crippen LogP contribution in [0.4, 0.5) is 4.79 Å². The summed E-state index contributed by atoms with van der Waals surface area (Å²) in [4.78, 5) is 47.9. The van der Waals surface area contributed by atoms with Crippen LogP contribution in [-0.4, -0.2) is 54.0 Å². The van der Waals surface area contributed by atoms with Crippen LogP contribution in [-0.2, 0) is 48.2 Å². The van der Waals surface area contributed by atoms with Crippen LogP contribution in [0.1, 0.15) is 50.3 Å². The molecule has 1 atom stereocenters. The van der Waals surface area contributed by atoms with E-state index in [0.717, 1.165) is 11.1 Å². The summed E-state index contributed by atoms with van der Waals surface area (Å²) in [5.41, 5.74) is 1.77. The molecule has 11 heteroatoms. The molecule has 11 nitrogen and oxygen atoms in total. The minimum absolute atomic E-state index is 0.0249. The molecule has 45 heavy (non-hydrogen) atoms. The Hall–Kier alpha value is -5.06. The molecule has 0 aliphatic carbocycles. The van der Waals surface area contributed by atoms with Gasteiger partial charge in [0.25, 0.3) is 0 Å². The Morgan fingerprint density at radius 1 is 0.733 bits per heavy atom. The first kappa shape index (κ1) is 34.4. The second-order valence-corrected chi connectivity index (χ2v) is 11.0. The summed E-state index contributed by atoms with van der Waals surface area (Å²) in [6, 6.07) is 23.4. The number of carboxylic acids is 1. The predicted octanol–water partition coefficient (Wildman–Crippen LogP) is 5.23. The Kier molecular flexibility index (Phi) is 13.2. The van der Waals surface area contributed by atoms with Gasteiger partial charge in [-0.15, -0.1) is 0 Å². The van der Waals surface area contributed by atoms with E-state index in [1.165, 1.54) is 0 Å². The first-order chi connectivity index (χ1) is 21.5. The van der Waals surface area contributed by atoms with Crippen molar-refractivity contribution in [3.8, 4) is 11.5 Å². The summed E-state index contributed by atoms with van der Waals surface area (Å²) in [5.74, 6) is -1.68. The van der Waals surface area contributed by atoms with Gasteiger partial charge in [0.15, 0.2) is 11.5 Å². The first-order valence-corrected chi connectivity index (χ1v) is 14.5. The third-order valence-electron chi connectivity index (χ3n) is 6.03. The molecule has 2 N–H and O–H groups in total. The molecular formula is C34H39NO10. The molecule has 3 rings (SSSR count). The van der Waals surface area contributed by atoms with E-state index in [1.807, 2.05) is 60.7 Å². The highest BCUT2D eigenvalue weighted by atomic mass is 16.6. The van der Waals surface area contributed by atoms with Crippen LogP contribution in [0.25, 0.3) is 0 Å². The lowest BCUT2D eigenvalue weighted by Crippen LogP contribution is -2.45. The van der Waals surface area contributed by atoms with Gasteiger partial charge in [-0.25, -0.2) is 9.59 Å². The zero-order valence-electron chi connectivity index (χ0n) is 25.7. The first-order valence-electron chi connectivity index (χ1n) is 14.5. The molecule has 3 aromatic carbocycles. The fraction of sp³-hybridized carbons (Fsp3) is 0.353. The average molecular weight is 622 g/mol. The molecule has 3 aromatic rings. The Morgan fingerprint density at radius 3 is 1.89 bits per heavy atom. The van der Waals surface area contributed by atoms with Crippen molar-refractivity contribution in [2.24, 2.45) is 0 Å². The second kappa shape index (κ2) is 17.3. The highest BCUT2D eigenvalue weighted by Crippen LogP contribution is 2.31. The summed E-state index contributed by atoms with van der Waals surface area (Å²) in [5, 5.41) is 11.2. The highest BCUT2D eigenvalue weighted by molar-refractivity contribution is 5.82. The monoisotopic (exact) mass is 621 g/mol. The standard InChI is InChI=1S/C34H39NO10/c1-34(2,3)45-33(40)35-27(32(39)42-19-18-41-31(38)17-16-30(36)37)20-26-14-15-28(43-22-24-10-6-4-7-11-24)29(21-26)44-23-25-12-8-5-9-13-25/h4-15,21,27H,16-20,22-23H2,1-3H3,(H,35,40)(H,36,37)/t27-/m0/s1. The maximum Gasteiger partial charge on any atom is 0.408 e. The zero-order chi connectivity index (χ0) is 32.7. The Labute approximate surface area is 262 Å². The Morgan fingerprint density at radius 2 is 1.31 bits per heavy atom. The van der Waals surface area contributed by atoms with Crippen LogP contribution < -0.4 is 14.8 Å². The number of hydrogen-bond acceptors (Lipinski definition) is 9. The van der Waals surface area contributed by atoms with Gasteiger partial charge in [0, 0.05) is 6.42 Å². The molecule has 0 saturated heterocycles. The SMILES string of the molecule is CC(C)(C)OC(=O)N[C@@H](Cc1ccc(OCc2ccccc2)c(OCc2ccccc2)c1)C(=O)OCCOC(=O)CCC(=O)O. The molecule has 0 radical (unpaired) electrons. The van der Waals surface area contributed by atoms with Crippen molar-refractivity contribution in [2.45, 2.75) is 64.9 Å². The summed E-state index contributed by atoms with van der Waals surface area (Å²) in [6.07, 6.45) is -1.45. The number of carboxylic acid groups (broad SMARTS) is 1. The molecule has 0 heterocycles. The molecular weight excluding hydrogens is 582 g/mol. The van der Waals surface area contributed by atoms with E-state index >= 15 is 0 Å². The summed E-state index contributed by atoms with van der Waals surface area (Å²) < 4.78 is 27.7. The van der Waals surface area contributed by atoms with Crippen LogP contribution in [0.15, 0.2) is 78.9 Å². The number of amides is 1. The average Bonchev–Trinajstić information content (AvgIpc) is 3.00. The summed E-state index contributed by atoms with van der Waals surface area (Å²) in [7, 11) is 0. The zero-order valence-corrected chi connectivity index (χ0v) is 25.7. The van der Waals surface area contributed by atoms with E-state index in [4.69, 9.17) is 28.8 Å². The fourth-order valence-corrected chi connectivity index (χ4v) is 3.94. The molecule has 0 saturated carbocycles. The number of carbonyl (C=O) groups is 4. The molecule has 0 spiro atoms. The summed E-state index contributed by atoms with van der Waals surface area (Å²) in [6.45, 7) is 5.13. The topological polar surface area (TPSA) is 147 Å². The molecule has 0 aliphatic heterocycles. The number of aliphatic carboxylic acids is 1. The number of rotatable bonds is 16. The van der Waals surface area contributed by atoms with Crippen molar-refractivity contribution in [1.82, 2.24) is 5.32 Å². The minimum atomic E-state index is -1.15. The van der Waals surface area contributed by atoms with Gasteiger partial charge >= 0.3 is 24.0 Å². The number of benzene rings is 3. The number of ether oxygens (including phenoxy) is 5. The van der Waals surface area contributed by atoms with Gasteiger partial charge in [0.2, 0.25) is 0 Å². The number of hydrogen-bond donors (Lipinski definition) is 2. The lowest BCUT2D eigenvalue weighted by atomic mass is 10.1. The number of nitrogens with one attached hydrogen (secondary N) is 1. The quantitative estimate of drug-likeness (QED) is 0.124. The van der Waals surface area contributed by atoms with Gasteiger partial charge in [-0.3, -0.25) is 9.59 Å². The van der Waals surface area contributed by atoms with Crippen molar-refractivity contribution < 1.29 is 48.0 Å². The molecule has 0 bridgehead atoms. The van der Waals surface area contributed by atoms with Crippen molar-refractivity contribution >= 4 is 24.0 Å². The van der Waals surface area contributed by atoms with Crippen molar-refractivity contribution in [2.75, 3.05) is 13.2 Å². The highest BCUT2D eigenvalue weighted by Gasteiger charge is 2.26. The van der Waals surface area contributed by atoms with E-state index in [9.17, 15) is 19.2 Å². The minimum Gasteiger partial charge on any atom is -0.485 e. The Balaban J connectivity index is 1.74. The van der Waals surface area contributed by atoms with E-state index in [1.54, 1.807) is 39.0 Å². The molecule has 0 aromatic heterocycles. The van der Waals surface area contributed by atoms with Crippen molar-refractivity contribution in [3.05, 3.63) is 95.6 Å². The van der Waals surface area contributed by atoms with Crippen LogP contribution in [0.5, 0.6) is 11.5 Å². The molecule has 0 fully saturated rings. The van der Waals surface area contributed by atoms with Crippen LogP contribution in [0, 0.1) is 0 Å². The van der Waals surface area contributed by atoms with E-state index in [2.05, 4.69) is 5.32 Å². The third-order valence-corrected chi connectivity index (χ3v) is 6.03. The third kappa shape index (κ3) is 13.4. The maximum absolute atomic E-state index is 13.1. The fourth-order valence-electron chi connectivity index (χ4n) is 3.94. The number of esters is 2. The Bertz CT molecular complexity index is 1400. The van der Waals surface area contributed by atoms with Crippen LogP contribution in [0.2, 0.25) is 0 Å². The van der Waals surface area contributed by atoms with Crippen LogP contribution >= 0.6 is 0 Å². The smallest absolute Gasteiger partial charge is 0.408 e. The van der Waals surface area contributed by atoms with Gasteiger partial charge in [-0.05, 0) is 49.6 Å². The van der Waals surface area contributed by atoms with Gasteiger partial charge in [-0.1, -0.05) is 66.7 Å². The molecule has 0 aliphatic rings. The lowest BCUT2D eigenvalue weighted by molar-refractivity contribution is -0.154. The lowest BCUT2D eigenvalue weighted by Gasteiger charge is -2.23. The van der Waals surface area contributed by atoms with Crippen molar-refractivity contribution in [1.29, 1.82) is 0 Å². The van der Waals surface area contributed by atoms with Gasteiger partial charge in [-0.2, -0.15) is 0 Å². The van der Waals surface area contributed by atoms with Gasteiger partial charge in [0.1, 0.15) is 38.1 Å². The largest absolute Gasteiger partial charge is 0.485 e.